The summed E-state index contributed by atoms with van der Waals surface area (Å²) in [5.41, 5.74) is 11.4. The van der Waals surface area contributed by atoms with Gasteiger partial charge in [-0.3, -0.25) is 19.2 Å². The van der Waals surface area contributed by atoms with Crippen LogP contribution in [0.25, 0.3) is 5.69 Å². The van der Waals surface area contributed by atoms with Crippen LogP contribution in [-0.4, -0.2) is 80.1 Å². The first kappa shape index (κ1) is 49.6. The first-order valence-corrected chi connectivity index (χ1v) is 22.2. The number of aliphatic carboxylic acids is 1. The fraction of sp³-hybridized carbons (Fsp3) is 0.469. The lowest BCUT2D eigenvalue weighted by molar-refractivity contribution is -0.142. The topological polar surface area (TPSA) is 218 Å². The summed E-state index contributed by atoms with van der Waals surface area (Å²) in [5.74, 6) is -3.24. The molecule has 0 aliphatic heterocycles. The Kier molecular flexibility index (Phi) is 19.4. The summed E-state index contributed by atoms with van der Waals surface area (Å²) in [5, 5.41) is 30.9. The van der Waals surface area contributed by atoms with E-state index in [-0.39, 0.29) is 42.8 Å². The molecule has 1 aromatic heterocycles. The van der Waals surface area contributed by atoms with E-state index in [0.29, 0.717) is 37.1 Å². The third-order valence-corrected chi connectivity index (χ3v) is 11.0. The molecule has 14 heteroatoms. The van der Waals surface area contributed by atoms with Crippen molar-refractivity contribution in [2.24, 2.45) is 5.73 Å². The number of aromatic hydroxyl groups is 1. The number of hydrogen-bond acceptors (Lipinski definition) is 8. The van der Waals surface area contributed by atoms with Crippen LogP contribution in [0.2, 0.25) is 0 Å². The van der Waals surface area contributed by atoms with Gasteiger partial charge in [-0.05, 0) is 79.0 Å². The number of aromatic nitrogens is 2. The van der Waals surface area contributed by atoms with Crippen molar-refractivity contribution in [3.8, 4) is 11.4 Å². The molecule has 4 rings (SSSR count). The van der Waals surface area contributed by atoms with E-state index in [4.69, 9.17) is 5.73 Å². The molecule has 8 N–H and O–H groups in total. The highest BCUT2D eigenvalue weighted by Crippen LogP contribution is 2.23. The molecule has 0 spiro atoms. The Hall–Kier alpha value is -6.02. The molecular formula is C49H67N7O7. The molecule has 4 aromatic rings. The van der Waals surface area contributed by atoms with Crippen molar-refractivity contribution in [3.63, 3.8) is 0 Å². The second-order valence-corrected chi connectivity index (χ2v) is 17.5. The number of hydrogen-bond donors (Lipinski definition) is 7. The zero-order chi connectivity index (χ0) is 45.9. The van der Waals surface area contributed by atoms with E-state index in [1.165, 1.54) is 17.7 Å². The van der Waals surface area contributed by atoms with Gasteiger partial charge in [0.1, 0.15) is 23.9 Å². The lowest BCUT2D eigenvalue weighted by Crippen LogP contribution is -2.58. The van der Waals surface area contributed by atoms with E-state index < -0.39 is 47.9 Å². The molecule has 0 radical (unpaired) electrons. The number of carbonyl (C=O) groups is 5. The number of aryl methyl sites for hydroxylation is 1. The molecule has 0 aliphatic carbocycles. The number of rotatable bonds is 25. The number of imidazole rings is 1. The summed E-state index contributed by atoms with van der Waals surface area (Å²) in [6, 6.07) is 16.8. The van der Waals surface area contributed by atoms with Gasteiger partial charge in [0.2, 0.25) is 23.6 Å². The SMILES string of the molecule is CCCCCCCC(=O)NCCCC[C@H](NC(=O)[C@@H](N)Cc1cn(-c2ccc(C(C)(C)C)cc2)cn1)C(=O)N[C@H](Cc1ccc(C)cc1)C(=O)N[C@@H](Cc1ccc(O)cc1)C(=O)O. The molecule has 3 aromatic carbocycles. The maximum atomic E-state index is 14.2. The van der Waals surface area contributed by atoms with Gasteiger partial charge in [0.05, 0.1) is 18.1 Å². The van der Waals surface area contributed by atoms with Crippen molar-refractivity contribution in [1.29, 1.82) is 0 Å². The predicted octanol–water partition coefficient (Wildman–Crippen LogP) is 5.73. The Morgan fingerprint density at radius 3 is 1.94 bits per heavy atom. The van der Waals surface area contributed by atoms with Crippen molar-refractivity contribution >= 4 is 29.6 Å². The predicted molar refractivity (Wildman–Crippen MR) is 244 cm³/mol. The van der Waals surface area contributed by atoms with Gasteiger partial charge in [0.15, 0.2) is 0 Å². The molecule has 63 heavy (non-hydrogen) atoms. The molecule has 0 unspecified atom stereocenters. The molecule has 0 saturated heterocycles. The van der Waals surface area contributed by atoms with E-state index in [1.54, 1.807) is 18.5 Å². The number of unbranched alkanes of at least 4 members (excludes halogenated alkanes) is 5. The summed E-state index contributed by atoms with van der Waals surface area (Å²) in [4.78, 5) is 71.1. The molecule has 0 fully saturated rings. The molecule has 4 atom stereocenters. The number of phenolic OH excluding ortho intramolecular Hbond substituents is 1. The third kappa shape index (κ3) is 17.0. The number of amides is 4. The van der Waals surface area contributed by atoms with Crippen LogP contribution < -0.4 is 27.0 Å². The van der Waals surface area contributed by atoms with Crippen molar-refractivity contribution in [3.05, 3.63) is 113 Å². The number of carboxylic acid groups (broad SMARTS) is 1. The Morgan fingerprint density at radius 1 is 0.714 bits per heavy atom. The smallest absolute Gasteiger partial charge is 0.326 e. The van der Waals surface area contributed by atoms with Crippen molar-refractivity contribution in [2.45, 2.75) is 141 Å². The second kappa shape index (κ2) is 24.6. The van der Waals surface area contributed by atoms with E-state index in [1.807, 2.05) is 54.1 Å². The zero-order valence-corrected chi connectivity index (χ0v) is 37.5. The second-order valence-electron chi connectivity index (χ2n) is 17.5. The summed E-state index contributed by atoms with van der Waals surface area (Å²) in [6.45, 7) is 10.9. The first-order valence-electron chi connectivity index (χ1n) is 22.2. The summed E-state index contributed by atoms with van der Waals surface area (Å²) in [7, 11) is 0. The molecule has 0 bridgehead atoms. The van der Waals surface area contributed by atoms with Crippen LogP contribution >= 0.6 is 0 Å². The molecule has 0 saturated carbocycles. The van der Waals surface area contributed by atoms with Gasteiger partial charge in [0.25, 0.3) is 0 Å². The Labute approximate surface area is 371 Å². The molecule has 14 nitrogen and oxygen atoms in total. The minimum absolute atomic E-state index is 0.00395. The van der Waals surface area contributed by atoms with Gasteiger partial charge in [-0.1, -0.05) is 107 Å². The fourth-order valence-electron chi connectivity index (χ4n) is 7.07. The molecular weight excluding hydrogens is 799 g/mol. The maximum Gasteiger partial charge on any atom is 0.326 e. The Morgan fingerprint density at radius 2 is 1.30 bits per heavy atom. The molecule has 0 aliphatic rings. The number of carboxylic acids is 1. The van der Waals surface area contributed by atoms with Gasteiger partial charge in [-0.2, -0.15) is 0 Å². The minimum Gasteiger partial charge on any atom is -0.508 e. The van der Waals surface area contributed by atoms with Crippen LogP contribution in [0, 0.1) is 6.92 Å². The average Bonchev–Trinajstić information content (AvgIpc) is 3.72. The van der Waals surface area contributed by atoms with Crippen molar-refractivity contribution < 1.29 is 34.2 Å². The van der Waals surface area contributed by atoms with Gasteiger partial charge in [0, 0.05) is 44.1 Å². The summed E-state index contributed by atoms with van der Waals surface area (Å²) >= 11 is 0. The highest BCUT2D eigenvalue weighted by molar-refractivity contribution is 5.94. The van der Waals surface area contributed by atoms with Gasteiger partial charge in [-0.15, -0.1) is 0 Å². The molecule has 340 valence electrons. The lowest BCUT2D eigenvalue weighted by atomic mass is 9.87. The van der Waals surface area contributed by atoms with Crippen molar-refractivity contribution in [2.75, 3.05) is 6.54 Å². The van der Waals surface area contributed by atoms with Crippen LogP contribution in [-0.2, 0) is 48.7 Å². The standard InChI is InChI=1S/C49H67N7O7/c1-6-7-8-9-10-14-44(58)51-27-12-11-13-41(53-45(59)40(50)30-37-31-56(32-52-37)38-23-21-36(22-24-38)49(3,4)5)46(60)54-42(28-34-17-15-33(2)16-18-34)47(61)55-43(48(62)63)29-35-19-25-39(57)26-20-35/h15-26,31-32,40-43,57H,6-14,27-30,50H2,1-5H3,(H,51,58)(H,53,59)(H,54,60)(H,55,61)(H,62,63)/t40-,41-,42+,43-/m0/s1. The largest absolute Gasteiger partial charge is 0.508 e. The summed E-state index contributed by atoms with van der Waals surface area (Å²) < 4.78 is 1.85. The molecule has 4 amide bonds. The average molecular weight is 866 g/mol. The minimum atomic E-state index is -1.34. The number of benzene rings is 3. The van der Waals surface area contributed by atoms with Gasteiger partial charge < -0.3 is 41.8 Å². The lowest BCUT2D eigenvalue weighted by Gasteiger charge is -2.25. The number of nitrogens with two attached hydrogens (primary N) is 1. The normalized spacial score (nSPS) is 13.3. The van der Waals surface area contributed by atoms with E-state index >= 15 is 0 Å². The van der Waals surface area contributed by atoms with Crippen LogP contribution in [0.15, 0.2) is 85.3 Å². The summed E-state index contributed by atoms with van der Waals surface area (Å²) in [6.07, 6.45) is 10.3. The Bertz CT molecular complexity index is 2080. The highest BCUT2D eigenvalue weighted by Gasteiger charge is 2.31. The quantitative estimate of drug-likeness (QED) is 0.0405. The van der Waals surface area contributed by atoms with E-state index in [9.17, 15) is 34.2 Å². The number of nitrogens with one attached hydrogen (secondary N) is 4. The van der Waals surface area contributed by atoms with Crippen molar-refractivity contribution in [1.82, 2.24) is 30.8 Å². The Balaban J connectivity index is 1.48. The maximum absolute atomic E-state index is 14.2. The molecule has 1 heterocycles. The van der Waals surface area contributed by atoms with Crippen LogP contribution in [0.1, 0.15) is 113 Å². The van der Waals surface area contributed by atoms with Crippen LogP contribution in [0.3, 0.4) is 0 Å². The van der Waals surface area contributed by atoms with E-state index in [0.717, 1.165) is 48.9 Å². The van der Waals surface area contributed by atoms with E-state index in [2.05, 4.69) is 66.1 Å². The first-order chi connectivity index (χ1) is 30.0. The van der Waals surface area contributed by atoms with Crippen LogP contribution in [0.5, 0.6) is 5.75 Å². The number of nitrogens with zero attached hydrogens (tertiary/aromatic N) is 2. The highest BCUT2D eigenvalue weighted by atomic mass is 16.4. The third-order valence-electron chi connectivity index (χ3n) is 11.0. The monoisotopic (exact) mass is 866 g/mol. The van der Waals surface area contributed by atoms with Gasteiger partial charge in [-0.25, -0.2) is 9.78 Å². The van der Waals surface area contributed by atoms with Crippen LogP contribution in [0.4, 0.5) is 0 Å². The number of carbonyl (C=O) groups excluding carboxylic acids is 4. The fourth-order valence-corrected chi connectivity index (χ4v) is 7.07. The van der Waals surface area contributed by atoms with Gasteiger partial charge >= 0.3 is 5.97 Å². The number of phenols is 1. The zero-order valence-electron chi connectivity index (χ0n) is 37.5.